The highest BCUT2D eigenvalue weighted by atomic mass is 15.2. The minimum Gasteiger partial charge on any atom is -0.374 e. The van der Waals surface area contributed by atoms with Crippen LogP contribution in [0.15, 0.2) is 12.3 Å². The molecule has 2 unspecified atom stereocenters. The smallest absolute Gasteiger partial charge is 0.0206 e. The van der Waals surface area contributed by atoms with Gasteiger partial charge in [0.05, 0.1) is 0 Å². The molecule has 0 N–H and O–H groups in total. The third-order valence-corrected chi connectivity index (χ3v) is 4.51. The van der Waals surface area contributed by atoms with Crippen LogP contribution in [-0.2, 0) is 0 Å². The van der Waals surface area contributed by atoms with E-state index >= 15 is 0 Å². The zero-order valence-corrected chi connectivity index (χ0v) is 10.6. The first-order valence-electron chi connectivity index (χ1n) is 6.51. The van der Waals surface area contributed by atoms with E-state index in [1.807, 2.05) is 0 Å². The molecule has 86 valence electrons. The van der Waals surface area contributed by atoms with Crippen LogP contribution in [0.25, 0.3) is 0 Å². The van der Waals surface area contributed by atoms with Crippen molar-refractivity contribution >= 4 is 0 Å². The van der Waals surface area contributed by atoms with Crippen LogP contribution in [0.4, 0.5) is 0 Å². The maximum Gasteiger partial charge on any atom is 0.0206 e. The van der Waals surface area contributed by atoms with Crippen LogP contribution in [0.5, 0.6) is 0 Å². The summed E-state index contributed by atoms with van der Waals surface area (Å²) in [5.74, 6) is 1.78. The van der Waals surface area contributed by atoms with Gasteiger partial charge in [0.15, 0.2) is 0 Å². The number of nitrogens with zero attached hydrogens (tertiary/aromatic N) is 1. The van der Waals surface area contributed by atoms with Gasteiger partial charge in [-0.2, -0.15) is 0 Å². The summed E-state index contributed by atoms with van der Waals surface area (Å²) in [5.41, 5.74) is 1.90. The molecule has 1 saturated heterocycles. The molecule has 15 heavy (non-hydrogen) atoms. The van der Waals surface area contributed by atoms with Crippen molar-refractivity contribution in [2.45, 2.75) is 46.5 Å². The van der Waals surface area contributed by atoms with E-state index in [2.05, 4.69) is 32.3 Å². The molecule has 0 aromatic heterocycles. The van der Waals surface area contributed by atoms with Gasteiger partial charge in [-0.15, -0.1) is 0 Å². The van der Waals surface area contributed by atoms with Crippen LogP contribution in [-0.4, -0.2) is 18.0 Å². The fourth-order valence-electron chi connectivity index (χ4n) is 2.86. The molecule has 0 amide bonds. The van der Waals surface area contributed by atoms with E-state index in [1.54, 1.807) is 0 Å². The molecule has 1 aliphatic carbocycles. The third-order valence-electron chi connectivity index (χ3n) is 4.51. The Kier molecular flexibility index (Phi) is 2.83. The SMILES string of the molecule is C=C(N1CC(C)C(CCC)C1)C1(C)CC1. The summed E-state index contributed by atoms with van der Waals surface area (Å²) >= 11 is 0. The van der Waals surface area contributed by atoms with E-state index < -0.39 is 0 Å². The topological polar surface area (TPSA) is 3.24 Å². The molecule has 0 bridgehead atoms. The molecule has 2 rings (SSSR count). The Balaban J connectivity index is 1.93. The average molecular weight is 207 g/mol. The summed E-state index contributed by atoms with van der Waals surface area (Å²) in [7, 11) is 0. The molecule has 2 aliphatic rings. The summed E-state index contributed by atoms with van der Waals surface area (Å²) in [6.07, 6.45) is 5.43. The third kappa shape index (κ3) is 2.07. The normalized spacial score (nSPS) is 33.1. The van der Waals surface area contributed by atoms with Crippen molar-refractivity contribution in [3.8, 4) is 0 Å². The molecule has 1 saturated carbocycles. The lowest BCUT2D eigenvalue weighted by Crippen LogP contribution is -2.24. The molecule has 1 nitrogen and oxygen atoms in total. The largest absolute Gasteiger partial charge is 0.374 e. The molecule has 1 aliphatic heterocycles. The van der Waals surface area contributed by atoms with E-state index in [9.17, 15) is 0 Å². The van der Waals surface area contributed by atoms with Gasteiger partial charge in [0, 0.05) is 24.2 Å². The van der Waals surface area contributed by atoms with Crippen molar-refractivity contribution in [3.05, 3.63) is 12.3 Å². The van der Waals surface area contributed by atoms with E-state index in [0.29, 0.717) is 5.41 Å². The molecule has 1 heteroatoms. The highest BCUT2D eigenvalue weighted by Crippen LogP contribution is 2.52. The second-order valence-corrected chi connectivity index (χ2v) is 5.94. The summed E-state index contributed by atoms with van der Waals surface area (Å²) < 4.78 is 0. The van der Waals surface area contributed by atoms with Gasteiger partial charge < -0.3 is 4.90 Å². The number of hydrogen-bond donors (Lipinski definition) is 0. The molecule has 2 atom stereocenters. The fourth-order valence-corrected chi connectivity index (χ4v) is 2.86. The van der Waals surface area contributed by atoms with Crippen LogP contribution in [0.3, 0.4) is 0 Å². The number of likely N-dealkylation sites (tertiary alicyclic amines) is 1. The first kappa shape index (κ1) is 11.0. The average Bonchev–Trinajstić information content (AvgIpc) is 2.84. The molecule has 2 fully saturated rings. The van der Waals surface area contributed by atoms with Crippen LogP contribution in [0, 0.1) is 17.3 Å². The fraction of sp³-hybridized carbons (Fsp3) is 0.857. The highest BCUT2D eigenvalue weighted by Gasteiger charge is 2.44. The van der Waals surface area contributed by atoms with Gasteiger partial charge in [0.2, 0.25) is 0 Å². The Morgan fingerprint density at radius 3 is 2.60 bits per heavy atom. The van der Waals surface area contributed by atoms with Crippen LogP contribution < -0.4 is 0 Å². The number of allylic oxidation sites excluding steroid dienone is 1. The molecule has 0 aromatic carbocycles. The minimum atomic E-state index is 0.473. The number of hydrogen-bond acceptors (Lipinski definition) is 1. The standard InChI is InChI=1S/C14H25N/c1-5-6-13-10-15(9-11(13)2)12(3)14(4)7-8-14/h11,13H,3,5-10H2,1-2,4H3. The first-order valence-corrected chi connectivity index (χ1v) is 6.51. The zero-order valence-electron chi connectivity index (χ0n) is 10.6. The van der Waals surface area contributed by atoms with Gasteiger partial charge in [-0.25, -0.2) is 0 Å². The molecule has 0 radical (unpaired) electrons. The van der Waals surface area contributed by atoms with Crippen molar-refractivity contribution in [3.63, 3.8) is 0 Å². The summed E-state index contributed by atoms with van der Waals surface area (Å²) in [4.78, 5) is 2.57. The Morgan fingerprint density at radius 2 is 2.07 bits per heavy atom. The predicted octanol–water partition coefficient (Wildman–Crippen LogP) is 3.67. The Hall–Kier alpha value is -0.460. The van der Waals surface area contributed by atoms with E-state index in [1.165, 1.54) is 44.5 Å². The monoisotopic (exact) mass is 207 g/mol. The van der Waals surface area contributed by atoms with E-state index in [4.69, 9.17) is 0 Å². The van der Waals surface area contributed by atoms with Crippen LogP contribution in [0.1, 0.15) is 46.5 Å². The molecule has 0 spiro atoms. The zero-order chi connectivity index (χ0) is 11.1. The lowest BCUT2D eigenvalue weighted by atomic mass is 9.94. The van der Waals surface area contributed by atoms with E-state index in [0.717, 1.165) is 11.8 Å². The summed E-state index contributed by atoms with van der Waals surface area (Å²) in [6.45, 7) is 13.9. The molecular formula is C14H25N. The van der Waals surface area contributed by atoms with Gasteiger partial charge >= 0.3 is 0 Å². The number of rotatable bonds is 4. The Labute approximate surface area is 94.5 Å². The summed E-state index contributed by atoms with van der Waals surface area (Å²) in [5, 5.41) is 0. The maximum atomic E-state index is 4.33. The second kappa shape index (κ2) is 3.84. The minimum absolute atomic E-state index is 0.473. The van der Waals surface area contributed by atoms with Gasteiger partial charge in [-0.1, -0.05) is 33.8 Å². The summed E-state index contributed by atoms with van der Waals surface area (Å²) in [6, 6.07) is 0. The van der Waals surface area contributed by atoms with E-state index in [-0.39, 0.29) is 0 Å². The van der Waals surface area contributed by atoms with Gasteiger partial charge in [0.1, 0.15) is 0 Å². The predicted molar refractivity (Wildman–Crippen MR) is 65.6 cm³/mol. The molecular weight excluding hydrogens is 182 g/mol. The lowest BCUT2D eigenvalue weighted by Gasteiger charge is -2.26. The second-order valence-electron chi connectivity index (χ2n) is 5.94. The molecule has 0 aromatic rings. The van der Waals surface area contributed by atoms with Crippen molar-refractivity contribution in [1.82, 2.24) is 4.90 Å². The first-order chi connectivity index (χ1) is 7.07. The van der Waals surface area contributed by atoms with Crippen molar-refractivity contribution in [2.75, 3.05) is 13.1 Å². The molecule has 1 heterocycles. The van der Waals surface area contributed by atoms with Crippen LogP contribution >= 0.6 is 0 Å². The van der Waals surface area contributed by atoms with Crippen molar-refractivity contribution in [1.29, 1.82) is 0 Å². The van der Waals surface area contributed by atoms with Gasteiger partial charge in [-0.3, -0.25) is 0 Å². The maximum absolute atomic E-state index is 4.33. The quantitative estimate of drug-likeness (QED) is 0.680. The van der Waals surface area contributed by atoms with Gasteiger partial charge in [0.25, 0.3) is 0 Å². The Morgan fingerprint density at radius 1 is 1.40 bits per heavy atom. The van der Waals surface area contributed by atoms with Crippen molar-refractivity contribution in [2.24, 2.45) is 17.3 Å². The van der Waals surface area contributed by atoms with Crippen molar-refractivity contribution < 1.29 is 0 Å². The van der Waals surface area contributed by atoms with Crippen LogP contribution in [0.2, 0.25) is 0 Å². The lowest BCUT2D eigenvalue weighted by molar-refractivity contribution is 0.344. The highest BCUT2D eigenvalue weighted by molar-refractivity contribution is 5.17. The Bertz CT molecular complexity index is 252. The van der Waals surface area contributed by atoms with Gasteiger partial charge in [-0.05, 0) is 31.1 Å².